The molecule has 0 aliphatic carbocycles. The summed E-state index contributed by atoms with van der Waals surface area (Å²) in [6, 6.07) is 13.7. The second kappa shape index (κ2) is 9.89. The number of thiophene rings is 1. The molecule has 0 spiro atoms. The van der Waals surface area contributed by atoms with Crippen molar-refractivity contribution >= 4 is 29.0 Å². The van der Waals surface area contributed by atoms with Gasteiger partial charge >= 0.3 is 5.97 Å². The molecule has 3 rings (SSSR count). The topological polar surface area (TPSA) is 72.5 Å². The van der Waals surface area contributed by atoms with E-state index in [-0.39, 0.29) is 6.42 Å². The van der Waals surface area contributed by atoms with Crippen molar-refractivity contribution < 1.29 is 27.9 Å². The third kappa shape index (κ3) is 5.57. The highest BCUT2D eigenvalue weighted by Gasteiger charge is 2.25. The van der Waals surface area contributed by atoms with Crippen LogP contribution in [0.15, 0.2) is 66.0 Å². The standard InChI is InChI=1S/C22H17F2NO4S/c23-15-8-9-17(24)16(12-15)19(26)13-29-22(28)18(11-14-5-2-1-3-6-14)25-21(27)20-7-4-10-30-20/h1-10,12,18H,11,13H2,(H,25,27). The highest BCUT2D eigenvalue weighted by molar-refractivity contribution is 7.12. The molecule has 8 heteroatoms. The van der Waals surface area contributed by atoms with Crippen LogP contribution in [0.5, 0.6) is 0 Å². The van der Waals surface area contributed by atoms with Gasteiger partial charge in [-0.3, -0.25) is 9.59 Å². The number of amides is 1. The van der Waals surface area contributed by atoms with Gasteiger partial charge in [-0.1, -0.05) is 36.4 Å². The quantitative estimate of drug-likeness (QED) is 0.437. The van der Waals surface area contributed by atoms with Gasteiger partial charge in [0.2, 0.25) is 5.78 Å². The molecule has 1 N–H and O–H groups in total. The van der Waals surface area contributed by atoms with E-state index < -0.39 is 47.5 Å². The molecular weight excluding hydrogens is 412 g/mol. The van der Waals surface area contributed by atoms with Crippen LogP contribution in [0, 0.1) is 11.6 Å². The summed E-state index contributed by atoms with van der Waals surface area (Å²) in [6.45, 7) is -0.778. The number of hydrogen-bond donors (Lipinski definition) is 1. The fourth-order valence-corrected chi connectivity index (χ4v) is 3.33. The molecule has 1 heterocycles. The van der Waals surface area contributed by atoms with Crippen molar-refractivity contribution in [3.63, 3.8) is 0 Å². The van der Waals surface area contributed by atoms with E-state index in [1.54, 1.807) is 41.8 Å². The fraction of sp³-hybridized carbons (Fsp3) is 0.136. The Hall–Kier alpha value is -3.39. The molecule has 1 amide bonds. The Balaban J connectivity index is 1.70. The van der Waals surface area contributed by atoms with Gasteiger partial charge < -0.3 is 10.1 Å². The first kappa shape index (κ1) is 21.3. The van der Waals surface area contributed by atoms with Gasteiger partial charge in [-0.25, -0.2) is 13.6 Å². The minimum atomic E-state index is -1.06. The zero-order valence-corrected chi connectivity index (χ0v) is 16.5. The van der Waals surface area contributed by atoms with E-state index in [1.165, 1.54) is 11.3 Å². The first-order valence-corrected chi connectivity index (χ1v) is 9.85. The number of Topliss-reactive ketones (excluding diaryl/α,β-unsaturated/α-hetero) is 1. The Morgan fingerprint density at radius 2 is 1.77 bits per heavy atom. The normalized spacial score (nSPS) is 11.5. The number of nitrogens with one attached hydrogen (secondary N) is 1. The van der Waals surface area contributed by atoms with Crippen LogP contribution in [0.4, 0.5) is 8.78 Å². The van der Waals surface area contributed by atoms with Crippen molar-refractivity contribution in [3.8, 4) is 0 Å². The van der Waals surface area contributed by atoms with E-state index in [1.807, 2.05) is 6.07 Å². The number of carbonyl (C=O) groups excluding carboxylic acids is 3. The Labute approximate surface area is 175 Å². The van der Waals surface area contributed by atoms with Gasteiger partial charge in [0.25, 0.3) is 5.91 Å². The maximum absolute atomic E-state index is 13.7. The minimum Gasteiger partial charge on any atom is -0.456 e. The van der Waals surface area contributed by atoms with Crippen molar-refractivity contribution in [1.29, 1.82) is 0 Å². The molecule has 3 aromatic rings. The second-order valence-electron chi connectivity index (χ2n) is 6.35. The molecule has 2 aromatic carbocycles. The van der Waals surface area contributed by atoms with Gasteiger partial charge in [-0.2, -0.15) is 0 Å². The highest BCUT2D eigenvalue weighted by Crippen LogP contribution is 2.13. The molecule has 0 radical (unpaired) electrons. The van der Waals surface area contributed by atoms with Crippen LogP contribution < -0.4 is 5.32 Å². The Morgan fingerprint density at radius 1 is 1.00 bits per heavy atom. The fourth-order valence-electron chi connectivity index (χ4n) is 2.71. The molecular formula is C22H17F2NO4S. The molecule has 30 heavy (non-hydrogen) atoms. The van der Waals surface area contributed by atoms with Gasteiger partial charge in [0, 0.05) is 6.42 Å². The number of carbonyl (C=O) groups is 3. The number of ether oxygens (including phenoxy) is 1. The van der Waals surface area contributed by atoms with Gasteiger partial charge in [-0.05, 0) is 35.2 Å². The molecule has 0 fully saturated rings. The number of halogens is 2. The van der Waals surface area contributed by atoms with Gasteiger partial charge in [0.1, 0.15) is 17.7 Å². The van der Waals surface area contributed by atoms with Crippen LogP contribution in [0.1, 0.15) is 25.6 Å². The van der Waals surface area contributed by atoms with E-state index in [0.717, 1.165) is 23.8 Å². The van der Waals surface area contributed by atoms with Crippen LogP contribution in [0.25, 0.3) is 0 Å². The molecule has 1 unspecified atom stereocenters. The van der Waals surface area contributed by atoms with E-state index in [9.17, 15) is 23.2 Å². The van der Waals surface area contributed by atoms with Crippen molar-refractivity contribution in [2.24, 2.45) is 0 Å². The molecule has 1 atom stereocenters. The first-order chi connectivity index (χ1) is 14.4. The molecule has 0 aliphatic rings. The van der Waals surface area contributed by atoms with Gasteiger partial charge in [-0.15, -0.1) is 11.3 Å². The minimum absolute atomic E-state index is 0.138. The number of ketones is 1. The molecule has 0 saturated carbocycles. The van der Waals surface area contributed by atoms with E-state index in [0.29, 0.717) is 4.88 Å². The smallest absolute Gasteiger partial charge is 0.329 e. The summed E-state index contributed by atoms with van der Waals surface area (Å²) in [4.78, 5) is 37.5. The molecule has 0 aliphatic heterocycles. The van der Waals surface area contributed by atoms with Crippen LogP contribution in [0.2, 0.25) is 0 Å². The maximum Gasteiger partial charge on any atom is 0.329 e. The van der Waals surface area contributed by atoms with Crippen LogP contribution in [-0.2, 0) is 16.0 Å². The third-order valence-corrected chi connectivity index (χ3v) is 5.06. The van der Waals surface area contributed by atoms with Crippen molar-refractivity contribution in [2.75, 3.05) is 6.61 Å². The van der Waals surface area contributed by atoms with Gasteiger partial charge in [0.05, 0.1) is 10.4 Å². The van der Waals surface area contributed by atoms with E-state index in [4.69, 9.17) is 4.74 Å². The van der Waals surface area contributed by atoms with Crippen molar-refractivity contribution in [1.82, 2.24) is 5.32 Å². The van der Waals surface area contributed by atoms with Crippen LogP contribution in [0.3, 0.4) is 0 Å². The van der Waals surface area contributed by atoms with Crippen molar-refractivity contribution in [3.05, 3.63) is 93.7 Å². The molecule has 1 aromatic heterocycles. The first-order valence-electron chi connectivity index (χ1n) is 8.97. The monoisotopic (exact) mass is 429 g/mol. The number of esters is 1. The average Bonchev–Trinajstić information content (AvgIpc) is 3.29. The van der Waals surface area contributed by atoms with Gasteiger partial charge in [0.15, 0.2) is 6.61 Å². The largest absolute Gasteiger partial charge is 0.456 e. The molecule has 0 saturated heterocycles. The van der Waals surface area contributed by atoms with Crippen molar-refractivity contribution in [2.45, 2.75) is 12.5 Å². The zero-order chi connectivity index (χ0) is 21.5. The molecule has 5 nitrogen and oxygen atoms in total. The lowest BCUT2D eigenvalue weighted by Crippen LogP contribution is -2.43. The van der Waals surface area contributed by atoms with E-state index in [2.05, 4.69) is 5.32 Å². The highest BCUT2D eigenvalue weighted by atomic mass is 32.1. The van der Waals surface area contributed by atoms with E-state index >= 15 is 0 Å². The van der Waals surface area contributed by atoms with Crippen LogP contribution in [-0.4, -0.2) is 30.3 Å². The number of benzene rings is 2. The number of rotatable bonds is 8. The summed E-state index contributed by atoms with van der Waals surface area (Å²) < 4.78 is 32.0. The van der Waals surface area contributed by atoms with Crippen LogP contribution >= 0.6 is 11.3 Å². The predicted molar refractivity (Wildman–Crippen MR) is 107 cm³/mol. The molecule has 154 valence electrons. The summed E-state index contributed by atoms with van der Waals surface area (Å²) in [7, 11) is 0. The Kier molecular flexibility index (Phi) is 7.03. The summed E-state index contributed by atoms with van der Waals surface area (Å²) in [5.74, 6) is -3.89. The maximum atomic E-state index is 13.7. The lowest BCUT2D eigenvalue weighted by atomic mass is 10.1. The lowest BCUT2D eigenvalue weighted by molar-refractivity contribution is -0.144. The Morgan fingerprint density at radius 3 is 2.47 bits per heavy atom. The SMILES string of the molecule is O=C(NC(Cc1ccccc1)C(=O)OCC(=O)c1cc(F)ccc1F)c1cccs1. The lowest BCUT2D eigenvalue weighted by Gasteiger charge is -2.17. The third-order valence-electron chi connectivity index (χ3n) is 4.19. The number of hydrogen-bond acceptors (Lipinski definition) is 5. The summed E-state index contributed by atoms with van der Waals surface area (Å²) in [5, 5.41) is 4.33. The Bertz CT molecular complexity index is 1040. The summed E-state index contributed by atoms with van der Waals surface area (Å²) >= 11 is 1.21. The summed E-state index contributed by atoms with van der Waals surface area (Å²) in [5.41, 5.74) is 0.262. The molecule has 0 bridgehead atoms. The second-order valence-corrected chi connectivity index (χ2v) is 7.30. The summed E-state index contributed by atoms with van der Waals surface area (Å²) in [6.07, 6.45) is 0.138. The predicted octanol–water partition coefficient (Wildman–Crippen LogP) is 3.79. The average molecular weight is 429 g/mol. The zero-order valence-electron chi connectivity index (χ0n) is 15.6.